The molecule has 22 N–H and O–H groups in total. The Labute approximate surface area is 552 Å². The normalized spacial score (nSPS) is 29.8. The number of rotatable bonds is 23. The standard InChI is InChI=1S/C61H84N10O22S2/c1-29(73)45-58(87)69-42(57(86)71-46(30(2)74)59(88)89)27-95-94-26-41(68-53(82)38(20-31-10-4-3-5-11-31)64-28-61(90)51(80)50(43(76)25-91-61)93-60-49(79)48(78)47(77)44(24-72)92-60)56(85)66-39(21-32-15-17-34(75)18-16-32)54(83)67-40(22-33-23-63-36-13-7-6-12-35(33)36)55(84)65-37(52(81)70-45)14-8-9-19-62/h3-7,10-13,15-18,23,29-30,37-51,60,63-64,72-80,90H,8-9,14,19-22,24-28,62H2,1-2H3,(H,65,84)(H,66,85)(H,67,83)(H,68,82)(H,69,87)(H,70,81)(H,71,86)(H,88,89)/t29-,30-,37+,38-,39+,40-,41+,42+,43-,44-,45+,46-,47-,48+,49-,50-,51+,60-,61-/m1/s1. The van der Waals surface area contributed by atoms with Crippen LogP contribution in [0.25, 0.3) is 10.9 Å². The molecule has 95 heavy (non-hydrogen) atoms. The van der Waals surface area contributed by atoms with Crippen molar-refractivity contribution in [2.75, 3.05) is 37.8 Å². The lowest BCUT2D eigenvalue weighted by Crippen LogP contribution is -2.68. The fourth-order valence-electron chi connectivity index (χ4n) is 10.7. The first-order chi connectivity index (χ1) is 45.2. The van der Waals surface area contributed by atoms with Gasteiger partial charge in [-0.15, -0.1) is 0 Å². The van der Waals surface area contributed by atoms with Crippen LogP contribution in [0, 0.1) is 0 Å². The third-order valence-electron chi connectivity index (χ3n) is 16.2. The van der Waals surface area contributed by atoms with E-state index in [1.54, 1.807) is 60.8 Å². The number of hydrogen-bond donors (Lipinski definition) is 21. The van der Waals surface area contributed by atoms with Gasteiger partial charge in [0, 0.05) is 41.4 Å². The highest BCUT2D eigenvalue weighted by atomic mass is 33.1. The lowest BCUT2D eigenvalue weighted by molar-refractivity contribution is -0.367. The van der Waals surface area contributed by atoms with Crippen LogP contribution in [0.5, 0.6) is 5.75 Å². The fourth-order valence-corrected chi connectivity index (χ4v) is 13.1. The molecule has 19 atom stereocenters. The summed E-state index contributed by atoms with van der Waals surface area (Å²) >= 11 is 0. The number of para-hydroxylation sites is 1. The summed E-state index contributed by atoms with van der Waals surface area (Å²) in [5.74, 6) is -12.7. The molecule has 0 spiro atoms. The van der Waals surface area contributed by atoms with E-state index in [-0.39, 0.29) is 44.4 Å². The maximum Gasteiger partial charge on any atom is 0.328 e. The Bertz CT molecular complexity index is 3230. The second-order valence-electron chi connectivity index (χ2n) is 23.5. The molecule has 0 unspecified atom stereocenters. The zero-order valence-corrected chi connectivity index (χ0v) is 53.4. The molecular formula is C61H84N10O22S2. The largest absolute Gasteiger partial charge is 0.508 e. The number of carboxylic acids is 1. The Hall–Kier alpha value is -7.10. The lowest BCUT2D eigenvalue weighted by atomic mass is 9.95. The summed E-state index contributed by atoms with van der Waals surface area (Å²) in [5.41, 5.74) is 7.89. The minimum absolute atomic E-state index is 0.0927. The van der Waals surface area contributed by atoms with Crippen molar-refractivity contribution in [3.05, 3.63) is 102 Å². The predicted molar refractivity (Wildman–Crippen MR) is 340 cm³/mol. The Kier molecular flexibility index (Phi) is 27.9. The molecule has 7 amide bonds. The molecule has 3 aromatic carbocycles. The number of aromatic nitrogens is 1. The molecule has 1 aromatic heterocycles. The monoisotopic (exact) mass is 1370 g/mol. The van der Waals surface area contributed by atoms with Gasteiger partial charge in [0.25, 0.3) is 0 Å². The average Bonchev–Trinajstić information content (AvgIpc) is 1.16. The van der Waals surface area contributed by atoms with Crippen molar-refractivity contribution < 1.29 is 109 Å². The van der Waals surface area contributed by atoms with Gasteiger partial charge in [-0.05, 0) is 81.0 Å². The average molecular weight is 1370 g/mol. The summed E-state index contributed by atoms with van der Waals surface area (Å²) in [5, 5.41) is 139. The third kappa shape index (κ3) is 20.5. The number of nitrogens with two attached hydrogens (primary N) is 1. The highest BCUT2D eigenvalue weighted by molar-refractivity contribution is 8.76. The van der Waals surface area contributed by atoms with Crippen molar-refractivity contribution in [3.8, 4) is 5.75 Å². The van der Waals surface area contributed by atoms with E-state index in [9.17, 15) is 80.1 Å². The molecule has 0 radical (unpaired) electrons. The van der Waals surface area contributed by atoms with E-state index >= 15 is 14.4 Å². The van der Waals surface area contributed by atoms with Crippen LogP contribution < -0.4 is 48.3 Å². The van der Waals surface area contributed by atoms with Gasteiger partial charge in [-0.25, -0.2) is 4.79 Å². The third-order valence-corrected chi connectivity index (χ3v) is 18.7. The van der Waals surface area contributed by atoms with Crippen LogP contribution in [0.1, 0.15) is 49.8 Å². The number of carbonyl (C=O) groups is 8. The van der Waals surface area contributed by atoms with Crippen molar-refractivity contribution in [2.45, 2.75) is 168 Å². The van der Waals surface area contributed by atoms with Crippen LogP contribution in [0.2, 0.25) is 0 Å². The zero-order valence-electron chi connectivity index (χ0n) is 51.8. The second kappa shape index (κ2) is 35.2. The Balaban J connectivity index is 1.26. The van der Waals surface area contributed by atoms with E-state index in [4.69, 9.17) is 19.9 Å². The number of carboxylic acid groups (broad SMARTS) is 1. The number of phenolic OH excluding ortho intramolecular Hbond substituents is 1. The summed E-state index contributed by atoms with van der Waals surface area (Å²) < 4.78 is 16.6. The number of aromatic amines is 1. The highest BCUT2D eigenvalue weighted by Crippen LogP contribution is 2.31. The summed E-state index contributed by atoms with van der Waals surface area (Å²) in [4.78, 5) is 118. The molecule has 0 bridgehead atoms. The topological polar surface area (TPSA) is 525 Å². The van der Waals surface area contributed by atoms with Gasteiger partial charge in [0.05, 0.1) is 38.0 Å². The molecule has 4 heterocycles. The van der Waals surface area contributed by atoms with E-state index in [2.05, 4.69) is 47.5 Å². The SMILES string of the molecule is C[C@@H](O)[C@@H]1NC(=O)[C@H](CCCCN)NC(=O)[C@@H](Cc2c[nH]c3ccccc23)NC(=O)[C@H](Cc2ccc(O)cc2)NC(=O)[C@@H](NC(=O)[C@@H](Cc2ccccc2)NC[C@@]2(O)OC[C@@H](O)[C@@H](O[C@H]3O[C@H](CO)[C@@H](O)[C@H](O)[C@H]3O)[C@@H]2O)CSSC[C@@H](C(=O)N[C@@H](C(=O)O)[C@@H](C)O)NC1=O. The van der Waals surface area contributed by atoms with Gasteiger partial charge in [0.2, 0.25) is 47.1 Å². The molecule has 7 rings (SSSR count). The number of phenols is 1. The molecule has 34 heteroatoms. The molecule has 0 saturated carbocycles. The number of H-pyrrole nitrogens is 1. The number of aliphatic hydroxyl groups excluding tert-OH is 8. The van der Waals surface area contributed by atoms with Gasteiger partial charge in [0.1, 0.15) is 84.7 Å². The maximum atomic E-state index is 15.2. The minimum atomic E-state index is -2.74. The van der Waals surface area contributed by atoms with Crippen LogP contribution in [0.15, 0.2) is 85.1 Å². The van der Waals surface area contributed by atoms with Crippen molar-refractivity contribution >= 4 is 79.8 Å². The van der Waals surface area contributed by atoms with Crippen LogP contribution in [0.3, 0.4) is 0 Å². The molecule has 0 aliphatic carbocycles. The number of ether oxygens (including phenoxy) is 3. The number of amides is 7. The molecular weight excluding hydrogens is 1290 g/mol. The Morgan fingerprint density at radius 2 is 1.40 bits per heavy atom. The molecule has 3 aliphatic rings. The molecule has 3 fully saturated rings. The van der Waals surface area contributed by atoms with Crippen LogP contribution in [-0.2, 0) is 71.8 Å². The summed E-state index contributed by atoms with van der Waals surface area (Å²) in [6.45, 7) is -0.0119. The van der Waals surface area contributed by atoms with Gasteiger partial charge in [-0.3, -0.25) is 33.6 Å². The quantitative estimate of drug-likeness (QED) is 0.0243. The Morgan fingerprint density at radius 1 is 0.758 bits per heavy atom. The molecule has 4 aromatic rings. The van der Waals surface area contributed by atoms with Gasteiger partial charge >= 0.3 is 5.97 Å². The van der Waals surface area contributed by atoms with Crippen molar-refractivity contribution in [3.63, 3.8) is 0 Å². The van der Waals surface area contributed by atoms with Crippen LogP contribution >= 0.6 is 21.6 Å². The van der Waals surface area contributed by atoms with E-state index < -0.39 is 194 Å². The van der Waals surface area contributed by atoms with Gasteiger partial charge in [-0.1, -0.05) is 82.3 Å². The molecule has 3 saturated heterocycles. The number of hydrogen-bond acceptors (Lipinski definition) is 25. The molecule has 522 valence electrons. The summed E-state index contributed by atoms with van der Waals surface area (Å²) in [6, 6.07) is 7.62. The van der Waals surface area contributed by atoms with Crippen LogP contribution in [-0.4, -0.2) is 262 Å². The highest BCUT2D eigenvalue weighted by Gasteiger charge is 2.53. The van der Waals surface area contributed by atoms with Crippen molar-refractivity contribution in [1.82, 2.24) is 47.5 Å². The number of benzene rings is 3. The number of unbranched alkanes of at least 4 members (excludes halogenated alkanes) is 1. The van der Waals surface area contributed by atoms with Gasteiger partial charge in [-0.2, -0.15) is 0 Å². The first-order valence-electron chi connectivity index (χ1n) is 30.7. The summed E-state index contributed by atoms with van der Waals surface area (Å²) in [7, 11) is 1.62. The van der Waals surface area contributed by atoms with E-state index in [0.29, 0.717) is 34.0 Å². The van der Waals surface area contributed by atoms with Crippen molar-refractivity contribution in [1.29, 1.82) is 0 Å². The van der Waals surface area contributed by atoms with Gasteiger partial charge < -0.3 is 124 Å². The first-order valence-corrected chi connectivity index (χ1v) is 33.2. The zero-order chi connectivity index (χ0) is 69.3. The first kappa shape index (κ1) is 75.3. The van der Waals surface area contributed by atoms with Crippen molar-refractivity contribution in [2.24, 2.45) is 5.73 Å². The number of aliphatic carboxylic acids is 1. The smallest absolute Gasteiger partial charge is 0.328 e. The van der Waals surface area contributed by atoms with E-state index in [1.807, 2.05) is 0 Å². The minimum Gasteiger partial charge on any atom is -0.508 e. The number of aliphatic hydroxyl groups is 9. The van der Waals surface area contributed by atoms with E-state index in [0.717, 1.165) is 35.4 Å². The lowest BCUT2D eigenvalue weighted by Gasteiger charge is -2.47. The second-order valence-corrected chi connectivity index (χ2v) is 26.0. The Morgan fingerprint density at radius 3 is 2.06 bits per heavy atom. The van der Waals surface area contributed by atoms with Gasteiger partial charge in [0.15, 0.2) is 12.3 Å². The number of carbonyl (C=O) groups excluding carboxylic acids is 7. The fraction of sp³-hybridized carbons (Fsp3) is 0.541. The molecule has 3 aliphatic heterocycles. The van der Waals surface area contributed by atoms with E-state index in [1.165, 1.54) is 24.3 Å². The van der Waals surface area contributed by atoms with Crippen LogP contribution in [0.4, 0.5) is 0 Å². The number of nitrogens with one attached hydrogen (secondary N) is 9. The summed E-state index contributed by atoms with van der Waals surface area (Å²) in [6.07, 6.45) is -16.9. The predicted octanol–water partition coefficient (Wildman–Crippen LogP) is -5.75. The molecule has 32 nitrogen and oxygen atoms in total. The number of aromatic hydroxyl groups is 1. The number of fused-ring (bicyclic) bond motifs is 1. The maximum absolute atomic E-state index is 15.2.